The van der Waals surface area contributed by atoms with Crippen LogP contribution in [0.1, 0.15) is 41.4 Å². The fourth-order valence-electron chi connectivity index (χ4n) is 3.96. The number of ketones is 1. The van der Waals surface area contributed by atoms with E-state index in [1.807, 2.05) is 6.07 Å². The summed E-state index contributed by atoms with van der Waals surface area (Å²) in [6, 6.07) is 8.71. The standard InChI is InChI=1S/C16H18N2O/c1-18-8-4-5-10-9-13(19)15-14(16(10)18)11-6-2-3-7-12(11)17-15/h2-3,6-7,10,16-17H,4-5,8-9H2,1H3/t10-,16-/m0/s1. The molecule has 0 bridgehead atoms. The summed E-state index contributed by atoms with van der Waals surface area (Å²) >= 11 is 0. The zero-order valence-electron chi connectivity index (χ0n) is 11.1. The van der Waals surface area contributed by atoms with Gasteiger partial charge >= 0.3 is 0 Å². The second kappa shape index (κ2) is 3.94. The molecular formula is C16H18N2O. The first-order valence-corrected chi connectivity index (χ1v) is 7.10. The molecule has 19 heavy (non-hydrogen) atoms. The molecule has 0 unspecified atom stereocenters. The number of hydrogen-bond donors (Lipinski definition) is 1. The first kappa shape index (κ1) is 11.2. The molecule has 3 nitrogen and oxygen atoms in total. The molecule has 2 heterocycles. The lowest BCUT2D eigenvalue weighted by molar-refractivity contribution is 0.0758. The Morgan fingerprint density at radius 3 is 3.05 bits per heavy atom. The fraction of sp³-hybridized carbons (Fsp3) is 0.438. The zero-order valence-corrected chi connectivity index (χ0v) is 11.1. The SMILES string of the molecule is CN1CCC[C@H]2CC(=O)c3[nH]c4ccccc4c3[C@H]21. The van der Waals surface area contributed by atoms with Gasteiger partial charge in [0.1, 0.15) is 0 Å². The average molecular weight is 254 g/mol. The van der Waals surface area contributed by atoms with Crippen LogP contribution in [0.3, 0.4) is 0 Å². The van der Waals surface area contributed by atoms with Crippen LogP contribution < -0.4 is 0 Å². The lowest BCUT2D eigenvalue weighted by atomic mass is 9.76. The topological polar surface area (TPSA) is 36.1 Å². The molecule has 2 aromatic rings. The van der Waals surface area contributed by atoms with Crippen LogP contribution in [0.5, 0.6) is 0 Å². The van der Waals surface area contributed by atoms with Gasteiger partial charge in [0.05, 0.1) is 5.69 Å². The van der Waals surface area contributed by atoms with E-state index in [1.165, 1.54) is 23.8 Å². The summed E-state index contributed by atoms with van der Waals surface area (Å²) < 4.78 is 0. The number of likely N-dealkylation sites (tertiary alicyclic amines) is 1. The van der Waals surface area contributed by atoms with Gasteiger partial charge in [-0.05, 0) is 38.4 Å². The highest BCUT2D eigenvalue weighted by Gasteiger charge is 2.40. The Kier molecular flexibility index (Phi) is 2.33. The van der Waals surface area contributed by atoms with Gasteiger partial charge in [0, 0.05) is 28.9 Å². The van der Waals surface area contributed by atoms with E-state index in [1.54, 1.807) is 0 Å². The fourth-order valence-corrected chi connectivity index (χ4v) is 3.96. The van der Waals surface area contributed by atoms with Crippen LogP contribution in [0.25, 0.3) is 10.9 Å². The number of benzene rings is 1. The molecule has 0 radical (unpaired) electrons. The number of H-pyrrole nitrogens is 1. The van der Waals surface area contributed by atoms with Crippen molar-refractivity contribution in [1.29, 1.82) is 0 Å². The number of carbonyl (C=O) groups excluding carboxylic acids is 1. The van der Waals surface area contributed by atoms with Crippen molar-refractivity contribution in [2.24, 2.45) is 5.92 Å². The van der Waals surface area contributed by atoms with Crippen LogP contribution in [-0.2, 0) is 0 Å². The van der Waals surface area contributed by atoms with Crippen molar-refractivity contribution < 1.29 is 4.79 Å². The summed E-state index contributed by atoms with van der Waals surface area (Å²) in [5, 5.41) is 1.23. The Bertz CT molecular complexity index is 658. The van der Waals surface area contributed by atoms with Gasteiger partial charge in [-0.3, -0.25) is 9.69 Å². The molecule has 1 aromatic carbocycles. The van der Waals surface area contributed by atoms with Gasteiger partial charge in [-0.2, -0.15) is 0 Å². The molecule has 1 N–H and O–H groups in total. The third-order valence-electron chi connectivity index (χ3n) is 4.78. The van der Waals surface area contributed by atoms with E-state index < -0.39 is 0 Å². The van der Waals surface area contributed by atoms with Crippen LogP contribution >= 0.6 is 0 Å². The maximum atomic E-state index is 12.4. The van der Waals surface area contributed by atoms with Crippen molar-refractivity contribution >= 4 is 16.7 Å². The van der Waals surface area contributed by atoms with Crippen molar-refractivity contribution in [3.8, 4) is 0 Å². The summed E-state index contributed by atoms with van der Waals surface area (Å²) in [6.45, 7) is 1.13. The highest BCUT2D eigenvalue weighted by atomic mass is 16.1. The van der Waals surface area contributed by atoms with Gasteiger partial charge < -0.3 is 4.98 Å². The van der Waals surface area contributed by atoms with E-state index in [-0.39, 0.29) is 0 Å². The van der Waals surface area contributed by atoms with E-state index in [9.17, 15) is 4.79 Å². The highest BCUT2D eigenvalue weighted by Crippen LogP contribution is 2.45. The predicted octanol–water partition coefficient (Wildman–Crippen LogP) is 3.14. The molecule has 98 valence electrons. The van der Waals surface area contributed by atoms with E-state index in [0.29, 0.717) is 24.2 Å². The lowest BCUT2D eigenvalue weighted by Crippen LogP contribution is -2.40. The molecule has 1 aliphatic carbocycles. The molecule has 4 rings (SSSR count). The second-order valence-electron chi connectivity index (χ2n) is 5.91. The summed E-state index contributed by atoms with van der Waals surface area (Å²) in [7, 11) is 2.19. The summed E-state index contributed by atoms with van der Waals surface area (Å²) in [5.41, 5.74) is 3.20. The van der Waals surface area contributed by atoms with Gasteiger partial charge in [-0.25, -0.2) is 0 Å². The monoisotopic (exact) mass is 254 g/mol. The number of Topliss-reactive ketones (excluding diaryl/α,β-unsaturated/α-hetero) is 1. The number of aromatic amines is 1. The van der Waals surface area contributed by atoms with Gasteiger partial charge in [0.15, 0.2) is 5.78 Å². The normalized spacial score (nSPS) is 27.3. The lowest BCUT2D eigenvalue weighted by Gasteiger charge is -2.41. The van der Waals surface area contributed by atoms with Crippen molar-refractivity contribution in [2.45, 2.75) is 25.3 Å². The molecule has 2 atom stereocenters. The van der Waals surface area contributed by atoms with E-state index in [4.69, 9.17) is 0 Å². The zero-order chi connectivity index (χ0) is 13.0. The molecule has 0 spiro atoms. The number of para-hydroxylation sites is 1. The maximum absolute atomic E-state index is 12.4. The minimum Gasteiger partial charge on any atom is -0.352 e. The summed E-state index contributed by atoms with van der Waals surface area (Å²) in [5.74, 6) is 0.792. The number of hydrogen-bond acceptors (Lipinski definition) is 2. The highest BCUT2D eigenvalue weighted by molar-refractivity contribution is 6.04. The molecular weight excluding hydrogens is 236 g/mol. The van der Waals surface area contributed by atoms with Gasteiger partial charge in [-0.15, -0.1) is 0 Å². The van der Waals surface area contributed by atoms with Gasteiger partial charge in [0.25, 0.3) is 0 Å². The van der Waals surface area contributed by atoms with Crippen LogP contribution in [0.15, 0.2) is 24.3 Å². The largest absolute Gasteiger partial charge is 0.352 e. The van der Waals surface area contributed by atoms with Crippen molar-refractivity contribution in [1.82, 2.24) is 9.88 Å². The van der Waals surface area contributed by atoms with Crippen LogP contribution in [0, 0.1) is 5.92 Å². The summed E-state index contributed by atoms with van der Waals surface area (Å²) in [4.78, 5) is 18.1. The number of piperidine rings is 1. The van der Waals surface area contributed by atoms with Crippen LogP contribution in [0.4, 0.5) is 0 Å². The Balaban J connectivity index is 1.99. The van der Waals surface area contributed by atoms with E-state index in [0.717, 1.165) is 17.8 Å². The third kappa shape index (κ3) is 1.51. The Morgan fingerprint density at radius 2 is 2.16 bits per heavy atom. The molecule has 3 heteroatoms. The average Bonchev–Trinajstić information content (AvgIpc) is 2.79. The molecule has 1 fully saturated rings. The quantitative estimate of drug-likeness (QED) is 0.784. The minimum atomic E-state index is 0.294. The van der Waals surface area contributed by atoms with Crippen molar-refractivity contribution in [3.05, 3.63) is 35.5 Å². The molecule has 1 aromatic heterocycles. The van der Waals surface area contributed by atoms with Crippen molar-refractivity contribution in [3.63, 3.8) is 0 Å². The van der Waals surface area contributed by atoms with Crippen LogP contribution in [0.2, 0.25) is 0 Å². The number of rotatable bonds is 0. The molecule has 0 amide bonds. The smallest absolute Gasteiger partial charge is 0.179 e. The Labute approximate surface area is 112 Å². The van der Waals surface area contributed by atoms with E-state index >= 15 is 0 Å². The number of aromatic nitrogens is 1. The first-order valence-electron chi connectivity index (χ1n) is 7.10. The third-order valence-corrected chi connectivity index (χ3v) is 4.78. The van der Waals surface area contributed by atoms with Crippen molar-refractivity contribution in [2.75, 3.05) is 13.6 Å². The van der Waals surface area contributed by atoms with E-state index in [2.05, 4.69) is 35.1 Å². The summed E-state index contributed by atoms with van der Waals surface area (Å²) in [6.07, 6.45) is 3.09. The minimum absolute atomic E-state index is 0.294. The molecule has 2 aliphatic rings. The number of carbonyl (C=O) groups is 1. The molecule has 1 saturated heterocycles. The molecule has 0 saturated carbocycles. The first-order chi connectivity index (χ1) is 9.25. The second-order valence-corrected chi connectivity index (χ2v) is 5.91. The maximum Gasteiger partial charge on any atom is 0.179 e. The number of nitrogens with zero attached hydrogens (tertiary/aromatic N) is 1. The Morgan fingerprint density at radius 1 is 1.32 bits per heavy atom. The molecule has 1 aliphatic heterocycles. The number of nitrogens with one attached hydrogen (secondary N) is 1. The predicted molar refractivity (Wildman–Crippen MR) is 75.3 cm³/mol. The Hall–Kier alpha value is -1.61. The van der Waals surface area contributed by atoms with Crippen LogP contribution in [-0.4, -0.2) is 29.3 Å². The van der Waals surface area contributed by atoms with Gasteiger partial charge in [0.2, 0.25) is 0 Å². The van der Waals surface area contributed by atoms with Gasteiger partial charge in [-0.1, -0.05) is 18.2 Å². The number of fused-ring (bicyclic) bond motifs is 5.